The van der Waals surface area contributed by atoms with Crippen molar-refractivity contribution in [3.05, 3.63) is 0 Å². The van der Waals surface area contributed by atoms with E-state index in [1.807, 2.05) is 6.92 Å². The topological polar surface area (TPSA) is 61.4 Å². The Morgan fingerprint density at radius 1 is 1.50 bits per heavy atom. The summed E-state index contributed by atoms with van der Waals surface area (Å²) in [6.45, 7) is 3.59. The minimum Gasteiger partial charge on any atom is -0.389 e. The molecule has 0 radical (unpaired) electrons. The number of hydrogen-bond donors (Lipinski definition) is 3. The molecule has 0 unspecified atom stereocenters. The minimum atomic E-state index is -0.537. The fraction of sp³-hybridized carbons (Fsp3) is 0.900. The van der Waals surface area contributed by atoms with Crippen molar-refractivity contribution in [2.24, 2.45) is 0 Å². The van der Waals surface area contributed by atoms with Gasteiger partial charge in [0.2, 0.25) is 5.91 Å². The van der Waals surface area contributed by atoms with Crippen LogP contribution in [0, 0.1) is 0 Å². The Hall–Kier alpha value is -0.610. The molecule has 1 aliphatic carbocycles. The van der Waals surface area contributed by atoms with E-state index in [0.29, 0.717) is 13.1 Å². The van der Waals surface area contributed by atoms with E-state index >= 15 is 0 Å². The Labute approximate surface area is 85.1 Å². The van der Waals surface area contributed by atoms with Gasteiger partial charge in [0.05, 0.1) is 12.1 Å². The molecule has 0 atom stereocenters. The highest BCUT2D eigenvalue weighted by Gasteiger charge is 2.33. The molecule has 1 aliphatic rings. The summed E-state index contributed by atoms with van der Waals surface area (Å²) < 4.78 is 0. The van der Waals surface area contributed by atoms with Crippen LogP contribution in [0.3, 0.4) is 0 Å². The summed E-state index contributed by atoms with van der Waals surface area (Å²) in [6, 6.07) is 0. The van der Waals surface area contributed by atoms with Gasteiger partial charge in [-0.1, -0.05) is 6.92 Å². The largest absolute Gasteiger partial charge is 0.389 e. The highest BCUT2D eigenvalue weighted by atomic mass is 16.3. The molecule has 0 spiro atoms. The molecule has 82 valence electrons. The predicted molar refractivity (Wildman–Crippen MR) is 55.0 cm³/mol. The zero-order valence-corrected chi connectivity index (χ0v) is 8.81. The Morgan fingerprint density at radius 3 is 2.71 bits per heavy atom. The molecule has 0 aromatic rings. The molecule has 0 bridgehead atoms. The standard InChI is InChI=1S/C10H20N2O2/c1-2-6-12-9(13)7-11-8-10(14)4-3-5-10/h11,14H,2-8H2,1H3,(H,12,13). The van der Waals surface area contributed by atoms with E-state index < -0.39 is 5.60 Å². The van der Waals surface area contributed by atoms with Gasteiger partial charge in [-0.2, -0.15) is 0 Å². The lowest BCUT2D eigenvalue weighted by molar-refractivity contribution is -0.120. The summed E-state index contributed by atoms with van der Waals surface area (Å²) in [5, 5.41) is 15.5. The first-order valence-corrected chi connectivity index (χ1v) is 5.36. The summed E-state index contributed by atoms with van der Waals surface area (Å²) in [7, 11) is 0. The molecule has 1 amide bonds. The molecule has 0 saturated heterocycles. The number of aliphatic hydroxyl groups is 1. The van der Waals surface area contributed by atoms with Crippen molar-refractivity contribution < 1.29 is 9.90 Å². The second-order valence-electron chi connectivity index (χ2n) is 4.03. The van der Waals surface area contributed by atoms with Crippen LogP contribution in [-0.4, -0.2) is 36.2 Å². The van der Waals surface area contributed by atoms with Crippen molar-refractivity contribution >= 4 is 5.91 Å². The quantitative estimate of drug-likeness (QED) is 0.566. The lowest BCUT2D eigenvalue weighted by atomic mass is 9.80. The molecule has 14 heavy (non-hydrogen) atoms. The molecule has 3 N–H and O–H groups in total. The first kappa shape index (κ1) is 11.5. The van der Waals surface area contributed by atoms with Crippen molar-refractivity contribution in [1.82, 2.24) is 10.6 Å². The molecule has 0 heterocycles. The molecule has 0 aliphatic heterocycles. The molecular formula is C10H20N2O2. The zero-order valence-electron chi connectivity index (χ0n) is 8.81. The second kappa shape index (κ2) is 5.32. The van der Waals surface area contributed by atoms with Gasteiger partial charge in [0, 0.05) is 13.1 Å². The van der Waals surface area contributed by atoms with Crippen molar-refractivity contribution in [1.29, 1.82) is 0 Å². The van der Waals surface area contributed by atoms with Crippen LogP contribution in [-0.2, 0) is 4.79 Å². The minimum absolute atomic E-state index is 0.00905. The van der Waals surface area contributed by atoms with Gasteiger partial charge in [0.25, 0.3) is 0 Å². The van der Waals surface area contributed by atoms with Gasteiger partial charge in [-0.25, -0.2) is 0 Å². The van der Waals surface area contributed by atoms with Gasteiger partial charge in [0.15, 0.2) is 0 Å². The molecule has 1 saturated carbocycles. The van der Waals surface area contributed by atoms with Crippen LogP contribution in [0.15, 0.2) is 0 Å². The molecular weight excluding hydrogens is 180 g/mol. The van der Waals surface area contributed by atoms with E-state index in [2.05, 4.69) is 10.6 Å². The lowest BCUT2D eigenvalue weighted by Crippen LogP contribution is -2.48. The first-order valence-electron chi connectivity index (χ1n) is 5.36. The van der Waals surface area contributed by atoms with Crippen LogP contribution < -0.4 is 10.6 Å². The lowest BCUT2D eigenvalue weighted by Gasteiger charge is -2.36. The third-order valence-corrected chi connectivity index (χ3v) is 2.60. The highest BCUT2D eigenvalue weighted by molar-refractivity contribution is 5.77. The summed E-state index contributed by atoms with van der Waals surface area (Å²) in [5.41, 5.74) is -0.537. The van der Waals surface area contributed by atoms with Crippen LogP contribution in [0.1, 0.15) is 32.6 Å². The summed E-state index contributed by atoms with van der Waals surface area (Å²) in [6.07, 6.45) is 3.77. The summed E-state index contributed by atoms with van der Waals surface area (Å²) in [4.78, 5) is 11.1. The van der Waals surface area contributed by atoms with Gasteiger partial charge in [-0.15, -0.1) is 0 Å². The first-order chi connectivity index (χ1) is 6.66. The average molecular weight is 200 g/mol. The van der Waals surface area contributed by atoms with Crippen LogP contribution in [0.25, 0.3) is 0 Å². The van der Waals surface area contributed by atoms with Crippen molar-refractivity contribution in [2.75, 3.05) is 19.6 Å². The molecule has 1 fully saturated rings. The van der Waals surface area contributed by atoms with Crippen molar-refractivity contribution in [2.45, 2.75) is 38.2 Å². The monoisotopic (exact) mass is 200 g/mol. The van der Waals surface area contributed by atoms with E-state index in [-0.39, 0.29) is 5.91 Å². The number of hydrogen-bond acceptors (Lipinski definition) is 3. The van der Waals surface area contributed by atoms with E-state index in [1.54, 1.807) is 0 Å². The maximum absolute atomic E-state index is 11.1. The molecule has 0 aromatic carbocycles. The maximum atomic E-state index is 11.1. The number of carbonyl (C=O) groups is 1. The van der Waals surface area contributed by atoms with Crippen molar-refractivity contribution in [3.63, 3.8) is 0 Å². The molecule has 4 nitrogen and oxygen atoms in total. The van der Waals surface area contributed by atoms with Gasteiger partial charge in [-0.3, -0.25) is 4.79 Å². The van der Waals surface area contributed by atoms with Gasteiger partial charge >= 0.3 is 0 Å². The van der Waals surface area contributed by atoms with Gasteiger partial charge in [-0.05, 0) is 25.7 Å². The SMILES string of the molecule is CCCNC(=O)CNCC1(O)CCC1. The third kappa shape index (κ3) is 3.64. The highest BCUT2D eigenvalue weighted by Crippen LogP contribution is 2.30. The fourth-order valence-electron chi connectivity index (χ4n) is 1.50. The Bertz CT molecular complexity index is 191. The maximum Gasteiger partial charge on any atom is 0.233 e. The van der Waals surface area contributed by atoms with Crippen LogP contribution in [0.4, 0.5) is 0 Å². The van der Waals surface area contributed by atoms with Gasteiger partial charge < -0.3 is 15.7 Å². The fourth-order valence-corrected chi connectivity index (χ4v) is 1.50. The Kier molecular flexibility index (Phi) is 4.35. The molecule has 1 rings (SSSR count). The van der Waals surface area contributed by atoms with Crippen LogP contribution in [0.2, 0.25) is 0 Å². The van der Waals surface area contributed by atoms with Crippen LogP contribution in [0.5, 0.6) is 0 Å². The zero-order chi connectivity index (χ0) is 10.4. The van der Waals surface area contributed by atoms with E-state index in [4.69, 9.17) is 0 Å². The van der Waals surface area contributed by atoms with Gasteiger partial charge in [0.1, 0.15) is 0 Å². The summed E-state index contributed by atoms with van der Waals surface area (Å²) >= 11 is 0. The molecule has 4 heteroatoms. The number of amides is 1. The predicted octanol–water partition coefficient (Wildman–Crippen LogP) is 0.0172. The van der Waals surface area contributed by atoms with Crippen molar-refractivity contribution in [3.8, 4) is 0 Å². The summed E-state index contributed by atoms with van der Waals surface area (Å²) in [5.74, 6) is 0.00905. The normalized spacial score (nSPS) is 18.7. The second-order valence-corrected chi connectivity index (χ2v) is 4.03. The number of carbonyl (C=O) groups excluding carboxylic acids is 1. The third-order valence-electron chi connectivity index (χ3n) is 2.60. The Morgan fingerprint density at radius 2 is 2.21 bits per heavy atom. The average Bonchev–Trinajstić information content (AvgIpc) is 2.12. The van der Waals surface area contributed by atoms with E-state index in [0.717, 1.165) is 32.2 Å². The number of nitrogens with one attached hydrogen (secondary N) is 2. The van der Waals surface area contributed by atoms with E-state index in [9.17, 15) is 9.90 Å². The van der Waals surface area contributed by atoms with Crippen LogP contribution >= 0.6 is 0 Å². The smallest absolute Gasteiger partial charge is 0.233 e. The molecule has 0 aromatic heterocycles. The number of rotatable bonds is 6. The van der Waals surface area contributed by atoms with E-state index in [1.165, 1.54) is 0 Å². The Balaban J connectivity index is 2.00.